The lowest BCUT2D eigenvalue weighted by Crippen LogP contribution is -2.26. The summed E-state index contributed by atoms with van der Waals surface area (Å²) in [7, 11) is 1.61. The summed E-state index contributed by atoms with van der Waals surface area (Å²) in [6.45, 7) is 2.12. The van der Waals surface area contributed by atoms with Gasteiger partial charge in [0.15, 0.2) is 0 Å². The van der Waals surface area contributed by atoms with Gasteiger partial charge in [0.2, 0.25) is 5.91 Å². The van der Waals surface area contributed by atoms with Gasteiger partial charge in [0.05, 0.1) is 13.5 Å². The Morgan fingerprint density at radius 1 is 0.966 bits per heavy atom. The number of carbonyl (C=O) groups excluding carboxylic acids is 2. The topological polar surface area (TPSA) is 79.8 Å². The van der Waals surface area contributed by atoms with Gasteiger partial charge in [-0.3, -0.25) is 9.59 Å². The maximum atomic E-state index is 12.5. The van der Waals surface area contributed by atoms with Gasteiger partial charge in [-0.25, -0.2) is 5.43 Å². The summed E-state index contributed by atoms with van der Waals surface area (Å²) in [4.78, 5) is 24.6. The van der Waals surface area contributed by atoms with Crippen LogP contribution in [0.1, 0.15) is 29.3 Å². The Morgan fingerprint density at radius 2 is 1.69 bits per heavy atom. The second-order valence-electron chi connectivity index (χ2n) is 6.62. The smallest absolute Gasteiger partial charge is 0.271 e. The van der Waals surface area contributed by atoms with Crippen LogP contribution in [0.2, 0.25) is 0 Å². The summed E-state index contributed by atoms with van der Waals surface area (Å²) in [6.07, 6.45) is 0.103. The van der Waals surface area contributed by atoms with Crippen molar-refractivity contribution in [3.8, 4) is 5.75 Å². The molecular weight excluding hydrogens is 366 g/mol. The average Bonchev–Trinajstić information content (AvgIpc) is 2.76. The van der Waals surface area contributed by atoms with Gasteiger partial charge in [-0.05, 0) is 41.5 Å². The van der Waals surface area contributed by atoms with Crippen LogP contribution in [0.25, 0.3) is 10.8 Å². The highest BCUT2D eigenvalue weighted by atomic mass is 16.5. The van der Waals surface area contributed by atoms with E-state index in [0.717, 1.165) is 22.1 Å². The summed E-state index contributed by atoms with van der Waals surface area (Å²) >= 11 is 0. The fourth-order valence-electron chi connectivity index (χ4n) is 2.91. The Bertz CT molecular complexity index is 1040. The number of hydrogen-bond donors (Lipinski definition) is 2. The molecule has 6 heteroatoms. The number of amides is 2. The SMILES string of the molecule is COc1ccc(CNC(=O)C/C(C)=N\NC(=O)c2cccc3ccccc23)cc1. The van der Waals surface area contributed by atoms with Crippen molar-refractivity contribution in [2.75, 3.05) is 7.11 Å². The maximum absolute atomic E-state index is 12.5. The fraction of sp³-hybridized carbons (Fsp3) is 0.174. The van der Waals surface area contributed by atoms with E-state index in [0.29, 0.717) is 17.8 Å². The fourth-order valence-corrected chi connectivity index (χ4v) is 2.91. The van der Waals surface area contributed by atoms with E-state index in [1.54, 1.807) is 20.1 Å². The third-order valence-corrected chi connectivity index (χ3v) is 4.45. The molecule has 0 atom stereocenters. The van der Waals surface area contributed by atoms with Crippen LogP contribution in [0.5, 0.6) is 5.75 Å². The van der Waals surface area contributed by atoms with Crippen LogP contribution in [0.15, 0.2) is 71.8 Å². The molecule has 0 unspecified atom stereocenters. The predicted octanol–water partition coefficient (Wildman–Crippen LogP) is 3.66. The number of hydrazone groups is 1. The number of nitrogens with zero attached hydrogens (tertiary/aromatic N) is 1. The van der Waals surface area contributed by atoms with Crippen molar-refractivity contribution in [1.29, 1.82) is 0 Å². The third-order valence-electron chi connectivity index (χ3n) is 4.45. The van der Waals surface area contributed by atoms with Gasteiger partial charge in [0.25, 0.3) is 5.91 Å². The number of rotatable bonds is 7. The van der Waals surface area contributed by atoms with Gasteiger partial charge in [-0.15, -0.1) is 0 Å². The van der Waals surface area contributed by atoms with E-state index >= 15 is 0 Å². The van der Waals surface area contributed by atoms with Gasteiger partial charge < -0.3 is 10.1 Å². The quantitative estimate of drug-likeness (QED) is 0.478. The molecule has 0 saturated heterocycles. The van der Waals surface area contributed by atoms with Crippen LogP contribution >= 0.6 is 0 Å². The second-order valence-corrected chi connectivity index (χ2v) is 6.62. The van der Waals surface area contributed by atoms with E-state index in [-0.39, 0.29) is 18.2 Å². The minimum absolute atomic E-state index is 0.103. The molecule has 0 aromatic heterocycles. The molecule has 0 fully saturated rings. The number of fused-ring (bicyclic) bond motifs is 1. The Labute approximate surface area is 169 Å². The molecule has 3 aromatic rings. The second kappa shape index (κ2) is 9.50. The van der Waals surface area contributed by atoms with Crippen molar-refractivity contribution in [3.63, 3.8) is 0 Å². The van der Waals surface area contributed by atoms with Gasteiger partial charge in [-0.1, -0.05) is 48.5 Å². The highest BCUT2D eigenvalue weighted by molar-refractivity contribution is 6.07. The van der Waals surface area contributed by atoms with Crippen LogP contribution in [-0.2, 0) is 11.3 Å². The van der Waals surface area contributed by atoms with Crippen LogP contribution < -0.4 is 15.5 Å². The number of carbonyl (C=O) groups is 2. The number of ether oxygens (including phenoxy) is 1. The molecule has 0 heterocycles. The molecule has 2 amide bonds. The Morgan fingerprint density at radius 3 is 2.45 bits per heavy atom. The van der Waals surface area contributed by atoms with Crippen LogP contribution in [0.3, 0.4) is 0 Å². The summed E-state index contributed by atoms with van der Waals surface area (Å²) in [5.41, 5.74) is 4.57. The standard InChI is InChI=1S/C23H23N3O3/c1-16(14-22(27)24-15-17-10-12-19(29-2)13-11-17)25-26-23(28)21-9-5-7-18-6-3-4-8-20(18)21/h3-13H,14-15H2,1-2H3,(H,24,27)(H,26,28)/b25-16-. The Balaban J connectivity index is 1.53. The van der Waals surface area contributed by atoms with Crippen molar-refractivity contribution in [3.05, 3.63) is 77.9 Å². The first-order chi connectivity index (χ1) is 14.1. The van der Waals surface area contributed by atoms with Gasteiger partial charge in [-0.2, -0.15) is 5.10 Å². The summed E-state index contributed by atoms with van der Waals surface area (Å²) < 4.78 is 5.11. The molecule has 29 heavy (non-hydrogen) atoms. The summed E-state index contributed by atoms with van der Waals surface area (Å²) in [5.74, 6) is 0.297. The van der Waals surface area contributed by atoms with Crippen molar-refractivity contribution in [2.45, 2.75) is 19.9 Å². The molecule has 0 bridgehead atoms. The zero-order valence-corrected chi connectivity index (χ0v) is 16.4. The number of methoxy groups -OCH3 is 1. The molecular formula is C23H23N3O3. The van der Waals surface area contributed by atoms with Crippen molar-refractivity contribution in [2.24, 2.45) is 5.10 Å². The van der Waals surface area contributed by atoms with E-state index in [4.69, 9.17) is 4.74 Å². The lowest BCUT2D eigenvalue weighted by atomic mass is 10.0. The Hall–Kier alpha value is -3.67. The normalized spacial score (nSPS) is 11.2. The molecule has 0 spiro atoms. The van der Waals surface area contributed by atoms with Crippen molar-refractivity contribution >= 4 is 28.3 Å². The minimum atomic E-state index is -0.306. The first-order valence-electron chi connectivity index (χ1n) is 9.27. The molecule has 148 valence electrons. The molecule has 0 aliphatic rings. The molecule has 0 aliphatic heterocycles. The third kappa shape index (κ3) is 5.42. The van der Waals surface area contributed by atoms with E-state index in [1.165, 1.54) is 0 Å². The maximum Gasteiger partial charge on any atom is 0.271 e. The molecule has 0 radical (unpaired) electrons. The first-order valence-corrected chi connectivity index (χ1v) is 9.27. The van der Waals surface area contributed by atoms with Gasteiger partial charge >= 0.3 is 0 Å². The lowest BCUT2D eigenvalue weighted by Gasteiger charge is -2.07. The number of nitrogens with one attached hydrogen (secondary N) is 2. The van der Waals surface area contributed by atoms with Crippen molar-refractivity contribution < 1.29 is 14.3 Å². The zero-order chi connectivity index (χ0) is 20.6. The van der Waals surface area contributed by atoms with E-state index in [1.807, 2.05) is 60.7 Å². The van der Waals surface area contributed by atoms with Crippen LogP contribution in [0, 0.1) is 0 Å². The van der Waals surface area contributed by atoms with Gasteiger partial charge in [0.1, 0.15) is 5.75 Å². The average molecular weight is 389 g/mol. The monoisotopic (exact) mass is 389 g/mol. The molecule has 3 aromatic carbocycles. The number of benzene rings is 3. The molecule has 0 aliphatic carbocycles. The molecule has 3 rings (SSSR count). The highest BCUT2D eigenvalue weighted by Crippen LogP contribution is 2.18. The van der Waals surface area contributed by atoms with Crippen molar-refractivity contribution in [1.82, 2.24) is 10.7 Å². The van der Waals surface area contributed by atoms with E-state index in [9.17, 15) is 9.59 Å². The lowest BCUT2D eigenvalue weighted by molar-refractivity contribution is -0.120. The predicted molar refractivity (Wildman–Crippen MR) is 114 cm³/mol. The van der Waals surface area contributed by atoms with Crippen LogP contribution in [-0.4, -0.2) is 24.6 Å². The highest BCUT2D eigenvalue weighted by Gasteiger charge is 2.10. The molecule has 2 N–H and O–H groups in total. The summed E-state index contributed by atoms with van der Waals surface area (Å²) in [6, 6.07) is 20.7. The zero-order valence-electron chi connectivity index (χ0n) is 16.4. The Kier molecular flexibility index (Phi) is 6.58. The largest absolute Gasteiger partial charge is 0.497 e. The van der Waals surface area contributed by atoms with E-state index in [2.05, 4.69) is 15.8 Å². The summed E-state index contributed by atoms with van der Waals surface area (Å²) in [5, 5.41) is 8.75. The van der Waals surface area contributed by atoms with Gasteiger partial charge in [0, 0.05) is 17.8 Å². The minimum Gasteiger partial charge on any atom is -0.497 e. The molecule has 0 saturated carbocycles. The number of hydrogen-bond acceptors (Lipinski definition) is 4. The van der Waals surface area contributed by atoms with Crippen LogP contribution in [0.4, 0.5) is 0 Å². The molecule has 6 nitrogen and oxygen atoms in total. The van der Waals surface area contributed by atoms with E-state index < -0.39 is 0 Å². The first kappa shape index (κ1) is 20.1.